The number of benzene rings is 3. The Balaban J connectivity index is 2.30. The van der Waals surface area contributed by atoms with Crippen LogP contribution in [-0.2, 0) is 0 Å². The summed E-state index contributed by atoms with van der Waals surface area (Å²) in [7, 11) is 0. The van der Waals surface area contributed by atoms with Crippen molar-refractivity contribution < 1.29 is 0 Å². The van der Waals surface area contributed by atoms with Crippen molar-refractivity contribution in [2.75, 3.05) is 0 Å². The van der Waals surface area contributed by atoms with Crippen LogP contribution < -0.4 is 0 Å². The van der Waals surface area contributed by atoms with Gasteiger partial charge in [0, 0.05) is 9.93 Å². The highest BCUT2D eigenvalue weighted by molar-refractivity contribution is 6.30. The van der Waals surface area contributed by atoms with Crippen molar-refractivity contribution in [3.63, 3.8) is 0 Å². The van der Waals surface area contributed by atoms with Gasteiger partial charge in [-0.3, -0.25) is 0 Å². The molecule has 0 radical (unpaired) electrons. The molecule has 0 bridgehead atoms. The molecule has 0 spiro atoms. The topological polar surface area (TPSA) is 48.8 Å². The maximum absolute atomic E-state index is 9.01. The molecule has 0 aromatic heterocycles. The van der Waals surface area contributed by atoms with Gasteiger partial charge in [-0.05, 0) is 52.4 Å². The highest BCUT2D eigenvalue weighted by Gasteiger charge is 2.12. The van der Waals surface area contributed by atoms with E-state index >= 15 is 0 Å². The second kappa shape index (κ2) is 6.57. The molecule has 0 fully saturated rings. The fourth-order valence-corrected chi connectivity index (χ4v) is 2.74. The minimum atomic E-state index is 0.631. The lowest BCUT2D eigenvalue weighted by Crippen LogP contribution is -1.87. The standard InChI is InChI=1S/C19H14ClN3/c1-13-11-17(14-5-3-2-4-6-14)19(22-23-21)18(12-13)15-7-9-16(20)10-8-15/h2-12H,1H3. The molecule has 23 heavy (non-hydrogen) atoms. The van der Waals surface area contributed by atoms with Crippen LogP contribution in [0.5, 0.6) is 0 Å². The molecule has 0 saturated carbocycles. The molecule has 0 unspecified atom stereocenters. The maximum Gasteiger partial charge on any atom is 0.0532 e. The number of hydrogen-bond acceptors (Lipinski definition) is 1. The summed E-state index contributed by atoms with van der Waals surface area (Å²) in [6.45, 7) is 2.03. The van der Waals surface area contributed by atoms with Gasteiger partial charge in [0.2, 0.25) is 0 Å². The average molecular weight is 320 g/mol. The zero-order chi connectivity index (χ0) is 16.2. The number of aryl methyl sites for hydroxylation is 1. The van der Waals surface area contributed by atoms with E-state index in [0.29, 0.717) is 10.7 Å². The van der Waals surface area contributed by atoms with Gasteiger partial charge in [-0.15, -0.1) is 0 Å². The Labute approximate surface area is 139 Å². The van der Waals surface area contributed by atoms with E-state index in [1.165, 1.54) is 0 Å². The van der Waals surface area contributed by atoms with E-state index in [0.717, 1.165) is 27.8 Å². The molecule has 0 aliphatic rings. The number of nitrogens with zero attached hydrogens (tertiary/aromatic N) is 3. The van der Waals surface area contributed by atoms with Crippen LogP contribution in [0.1, 0.15) is 5.56 Å². The van der Waals surface area contributed by atoms with Gasteiger partial charge in [-0.1, -0.05) is 71.3 Å². The van der Waals surface area contributed by atoms with Crippen molar-refractivity contribution in [2.24, 2.45) is 5.11 Å². The Hall–Kier alpha value is -2.74. The van der Waals surface area contributed by atoms with Crippen LogP contribution in [0.4, 0.5) is 5.69 Å². The molecule has 0 heterocycles. The summed E-state index contributed by atoms with van der Waals surface area (Å²) in [5, 5.41) is 4.65. The molecule has 3 aromatic rings. The Morgan fingerprint density at radius 3 is 2.00 bits per heavy atom. The molecule has 0 aliphatic carbocycles. The van der Waals surface area contributed by atoms with Gasteiger partial charge in [0.05, 0.1) is 5.69 Å². The summed E-state index contributed by atoms with van der Waals surface area (Å²) in [4.78, 5) is 3.02. The quantitative estimate of drug-likeness (QED) is 0.285. The first-order valence-corrected chi connectivity index (χ1v) is 7.58. The van der Waals surface area contributed by atoms with E-state index < -0.39 is 0 Å². The Kier molecular flexibility index (Phi) is 4.33. The summed E-state index contributed by atoms with van der Waals surface area (Å²) >= 11 is 5.98. The largest absolute Gasteiger partial charge is 0.0843 e. The van der Waals surface area contributed by atoms with E-state index in [-0.39, 0.29) is 0 Å². The van der Waals surface area contributed by atoms with E-state index in [9.17, 15) is 0 Å². The van der Waals surface area contributed by atoms with Gasteiger partial charge in [0.1, 0.15) is 0 Å². The van der Waals surface area contributed by atoms with Crippen molar-refractivity contribution >= 4 is 17.3 Å². The van der Waals surface area contributed by atoms with Gasteiger partial charge < -0.3 is 0 Å². The van der Waals surface area contributed by atoms with Crippen LogP contribution in [0.2, 0.25) is 5.02 Å². The van der Waals surface area contributed by atoms with E-state index in [1.807, 2.05) is 73.7 Å². The average Bonchev–Trinajstić information content (AvgIpc) is 2.58. The monoisotopic (exact) mass is 319 g/mol. The Morgan fingerprint density at radius 1 is 0.870 bits per heavy atom. The molecule has 3 aromatic carbocycles. The molecule has 0 saturated heterocycles. The summed E-state index contributed by atoms with van der Waals surface area (Å²) in [5.74, 6) is 0. The molecule has 0 amide bonds. The molecule has 0 atom stereocenters. The van der Waals surface area contributed by atoms with Gasteiger partial charge in [-0.2, -0.15) is 0 Å². The number of hydrogen-bond donors (Lipinski definition) is 0. The third-order valence-corrected chi connectivity index (χ3v) is 3.89. The predicted molar refractivity (Wildman–Crippen MR) is 95.9 cm³/mol. The first-order valence-electron chi connectivity index (χ1n) is 7.20. The number of rotatable bonds is 3. The highest BCUT2D eigenvalue weighted by Crippen LogP contribution is 2.40. The van der Waals surface area contributed by atoms with Crippen LogP contribution in [0, 0.1) is 6.92 Å². The Bertz CT molecular complexity index is 880. The van der Waals surface area contributed by atoms with E-state index in [1.54, 1.807) is 0 Å². The molecule has 3 rings (SSSR count). The summed E-state index contributed by atoms with van der Waals surface area (Å²) in [5.41, 5.74) is 14.6. The SMILES string of the molecule is Cc1cc(-c2ccccc2)c(N=[N+]=[N-])c(-c2ccc(Cl)cc2)c1. The summed E-state index contributed by atoms with van der Waals surface area (Å²) in [6.07, 6.45) is 0. The second-order valence-electron chi connectivity index (χ2n) is 5.27. The van der Waals surface area contributed by atoms with Gasteiger partial charge >= 0.3 is 0 Å². The van der Waals surface area contributed by atoms with Gasteiger partial charge in [0.15, 0.2) is 0 Å². The van der Waals surface area contributed by atoms with Gasteiger partial charge in [-0.25, -0.2) is 0 Å². The third-order valence-electron chi connectivity index (χ3n) is 3.64. The first kappa shape index (κ1) is 15.2. The minimum Gasteiger partial charge on any atom is -0.0843 e. The summed E-state index contributed by atoms with van der Waals surface area (Å²) in [6, 6.07) is 21.5. The van der Waals surface area contributed by atoms with Crippen molar-refractivity contribution in [1.29, 1.82) is 0 Å². The molecular weight excluding hydrogens is 306 g/mol. The van der Waals surface area contributed by atoms with Crippen LogP contribution in [0.3, 0.4) is 0 Å². The van der Waals surface area contributed by atoms with Crippen molar-refractivity contribution in [3.8, 4) is 22.3 Å². The fraction of sp³-hybridized carbons (Fsp3) is 0.0526. The van der Waals surface area contributed by atoms with Crippen LogP contribution >= 0.6 is 11.6 Å². The number of azide groups is 1. The van der Waals surface area contributed by atoms with Crippen LogP contribution in [0.25, 0.3) is 32.7 Å². The first-order chi connectivity index (χ1) is 11.2. The molecule has 0 aliphatic heterocycles. The fourth-order valence-electron chi connectivity index (χ4n) is 2.62. The van der Waals surface area contributed by atoms with Crippen LogP contribution in [0.15, 0.2) is 71.8 Å². The smallest absolute Gasteiger partial charge is 0.0532 e. The minimum absolute atomic E-state index is 0.631. The predicted octanol–water partition coefficient (Wildman–Crippen LogP) is 6.92. The zero-order valence-electron chi connectivity index (χ0n) is 12.6. The van der Waals surface area contributed by atoms with Crippen LogP contribution in [-0.4, -0.2) is 0 Å². The van der Waals surface area contributed by atoms with E-state index in [2.05, 4.69) is 10.0 Å². The maximum atomic E-state index is 9.01. The highest BCUT2D eigenvalue weighted by atomic mass is 35.5. The molecule has 3 nitrogen and oxygen atoms in total. The summed E-state index contributed by atoms with van der Waals surface area (Å²) < 4.78 is 0. The normalized spacial score (nSPS) is 10.2. The second-order valence-corrected chi connectivity index (χ2v) is 5.71. The van der Waals surface area contributed by atoms with Crippen molar-refractivity contribution in [3.05, 3.63) is 87.8 Å². The van der Waals surface area contributed by atoms with Gasteiger partial charge in [0.25, 0.3) is 0 Å². The molecule has 0 N–H and O–H groups in total. The lowest BCUT2D eigenvalue weighted by atomic mass is 9.94. The molecule has 112 valence electrons. The lowest BCUT2D eigenvalue weighted by Gasteiger charge is -2.13. The van der Waals surface area contributed by atoms with Crippen molar-refractivity contribution in [2.45, 2.75) is 6.92 Å². The third kappa shape index (κ3) is 3.21. The molecular formula is C19H14ClN3. The lowest BCUT2D eigenvalue weighted by molar-refractivity contribution is 1.40. The molecule has 4 heteroatoms. The van der Waals surface area contributed by atoms with E-state index in [4.69, 9.17) is 17.1 Å². The zero-order valence-corrected chi connectivity index (χ0v) is 13.3. The van der Waals surface area contributed by atoms with Crippen molar-refractivity contribution in [1.82, 2.24) is 0 Å². The Morgan fingerprint density at radius 2 is 1.43 bits per heavy atom. The number of halogens is 1.